The molecule has 0 spiro atoms. The summed E-state index contributed by atoms with van der Waals surface area (Å²) in [6, 6.07) is 5.44. The number of nitro benzene ring substituents is 1. The number of ether oxygens (including phenoxy) is 1. The van der Waals surface area contributed by atoms with Crippen LogP contribution >= 0.6 is 0 Å². The predicted octanol–water partition coefficient (Wildman–Crippen LogP) is 6.21. The second kappa shape index (κ2) is 12.3. The van der Waals surface area contributed by atoms with Crippen LogP contribution in [-0.4, -0.2) is 55.3 Å². The molecule has 0 N–H and O–H groups in total. The summed E-state index contributed by atoms with van der Waals surface area (Å²) in [7, 11) is -2.00. The van der Waals surface area contributed by atoms with Gasteiger partial charge in [0.15, 0.2) is 8.32 Å². The molecule has 0 aromatic heterocycles. The molecule has 1 aliphatic carbocycles. The maximum atomic E-state index is 13.0. The van der Waals surface area contributed by atoms with Gasteiger partial charge in [-0.3, -0.25) is 14.9 Å². The normalized spacial score (nSPS) is 23.0. The first kappa shape index (κ1) is 30.0. The highest BCUT2D eigenvalue weighted by molar-refractivity contribution is 6.74. The molecule has 202 valence electrons. The molecule has 1 fully saturated rings. The van der Waals surface area contributed by atoms with Crippen LogP contribution in [0, 0.1) is 22.0 Å². The van der Waals surface area contributed by atoms with Crippen molar-refractivity contribution < 1.29 is 23.7 Å². The van der Waals surface area contributed by atoms with Crippen molar-refractivity contribution in [3.8, 4) is 0 Å². The maximum absolute atomic E-state index is 13.0. The summed E-state index contributed by atoms with van der Waals surface area (Å²) >= 11 is 0. The van der Waals surface area contributed by atoms with Crippen molar-refractivity contribution in [1.29, 1.82) is 0 Å². The molecule has 8 nitrogen and oxygen atoms in total. The average Bonchev–Trinajstić information content (AvgIpc) is 2.92. The number of carbonyl (C=O) groups is 2. The Labute approximate surface area is 217 Å². The van der Waals surface area contributed by atoms with Gasteiger partial charge in [0.25, 0.3) is 5.69 Å². The van der Waals surface area contributed by atoms with Crippen molar-refractivity contribution in [3.63, 3.8) is 0 Å². The monoisotopic (exact) mass is 520 g/mol. The standard InChI is InChI=1S/C27H44N2O6Si/c1-9-28(10-2)25(30)18-21-13-16-23(35-36(7,8)27(4,5)6)19(3)17-24(21)34-26(31)20-11-14-22(15-12-20)29(32)33/h11-12,14-15,19,21,23-24H,9-10,13,16-18H2,1-8H3/t19-,21+,23-,24-/m0/s1. The largest absolute Gasteiger partial charge is 0.458 e. The Morgan fingerprint density at radius 1 is 1.08 bits per heavy atom. The molecule has 0 aliphatic heterocycles. The zero-order valence-electron chi connectivity index (χ0n) is 23.2. The van der Waals surface area contributed by atoms with Crippen LogP contribution in [0.15, 0.2) is 24.3 Å². The number of esters is 1. The summed E-state index contributed by atoms with van der Waals surface area (Å²) in [5, 5.41) is 11.0. The van der Waals surface area contributed by atoms with Gasteiger partial charge in [0, 0.05) is 43.7 Å². The Morgan fingerprint density at radius 3 is 2.17 bits per heavy atom. The third-order valence-corrected chi connectivity index (χ3v) is 12.5. The third-order valence-electron chi connectivity index (χ3n) is 7.96. The van der Waals surface area contributed by atoms with Crippen LogP contribution in [0.2, 0.25) is 18.1 Å². The van der Waals surface area contributed by atoms with Gasteiger partial charge < -0.3 is 14.1 Å². The van der Waals surface area contributed by atoms with Crippen molar-refractivity contribution in [2.75, 3.05) is 13.1 Å². The van der Waals surface area contributed by atoms with Crippen LogP contribution in [0.1, 0.15) is 77.6 Å². The SMILES string of the molecule is CCN(CC)C(=O)C[C@H]1CC[C@H](O[Si](C)(C)C(C)(C)C)[C@@H](C)C[C@@H]1OC(=O)c1ccc([N+](=O)[O-])cc1. The Morgan fingerprint density at radius 2 is 1.67 bits per heavy atom. The molecule has 0 radical (unpaired) electrons. The van der Waals surface area contributed by atoms with Gasteiger partial charge >= 0.3 is 5.97 Å². The molecule has 1 aromatic rings. The molecule has 1 aliphatic rings. The van der Waals surface area contributed by atoms with Gasteiger partial charge in [-0.1, -0.05) is 27.7 Å². The number of carbonyl (C=O) groups excluding carboxylic acids is 2. The third kappa shape index (κ3) is 7.62. The van der Waals surface area contributed by atoms with Gasteiger partial charge in [-0.2, -0.15) is 0 Å². The molecule has 1 saturated carbocycles. The Hall–Kier alpha value is -2.26. The first-order valence-electron chi connectivity index (χ1n) is 13.1. The molecule has 0 heterocycles. The number of hydrogen-bond donors (Lipinski definition) is 0. The lowest BCUT2D eigenvalue weighted by Crippen LogP contribution is -2.45. The molecule has 9 heteroatoms. The van der Waals surface area contributed by atoms with Gasteiger partial charge in [0.1, 0.15) is 6.10 Å². The average molecular weight is 521 g/mol. The molecular weight excluding hydrogens is 476 g/mol. The Balaban J connectivity index is 2.27. The zero-order chi connectivity index (χ0) is 27.3. The number of rotatable bonds is 9. The molecule has 0 unspecified atom stereocenters. The molecule has 1 amide bonds. The van der Waals surface area contributed by atoms with Gasteiger partial charge in [0.2, 0.25) is 5.91 Å². The van der Waals surface area contributed by atoms with Crippen molar-refractivity contribution in [3.05, 3.63) is 39.9 Å². The van der Waals surface area contributed by atoms with Gasteiger partial charge in [0.05, 0.1) is 10.5 Å². The molecule has 4 atom stereocenters. The lowest BCUT2D eigenvalue weighted by molar-refractivity contribution is -0.384. The second-order valence-electron chi connectivity index (χ2n) is 11.5. The smallest absolute Gasteiger partial charge is 0.338 e. The van der Waals surface area contributed by atoms with Crippen molar-refractivity contribution in [2.45, 2.75) is 97.6 Å². The van der Waals surface area contributed by atoms with Gasteiger partial charge in [-0.15, -0.1) is 0 Å². The van der Waals surface area contributed by atoms with Crippen LogP contribution in [-0.2, 0) is 14.0 Å². The number of benzene rings is 1. The quantitative estimate of drug-likeness (QED) is 0.126. The van der Waals surface area contributed by atoms with E-state index in [-0.39, 0.29) is 40.1 Å². The summed E-state index contributed by atoms with van der Waals surface area (Å²) < 4.78 is 12.8. The topological polar surface area (TPSA) is 99.0 Å². The summed E-state index contributed by atoms with van der Waals surface area (Å²) in [6.07, 6.45) is 2.08. The number of nitro groups is 1. The summed E-state index contributed by atoms with van der Waals surface area (Å²) in [5.41, 5.74) is 0.184. The minimum atomic E-state index is -2.00. The summed E-state index contributed by atoms with van der Waals surface area (Å²) in [4.78, 5) is 38.3. The van der Waals surface area contributed by atoms with E-state index in [1.54, 1.807) is 0 Å². The van der Waals surface area contributed by atoms with E-state index in [0.29, 0.717) is 25.9 Å². The van der Waals surface area contributed by atoms with E-state index in [2.05, 4.69) is 40.8 Å². The highest BCUT2D eigenvalue weighted by atomic mass is 28.4. The molecule has 2 rings (SSSR count). The lowest BCUT2D eigenvalue weighted by atomic mass is 9.91. The highest BCUT2D eigenvalue weighted by Gasteiger charge is 2.43. The number of non-ortho nitro benzene ring substituents is 1. The first-order chi connectivity index (χ1) is 16.7. The number of hydrogen-bond acceptors (Lipinski definition) is 6. The molecule has 1 aromatic carbocycles. The van der Waals surface area contributed by atoms with Crippen molar-refractivity contribution in [1.82, 2.24) is 4.90 Å². The molecule has 36 heavy (non-hydrogen) atoms. The van der Waals surface area contributed by atoms with E-state index >= 15 is 0 Å². The fourth-order valence-corrected chi connectivity index (χ4v) is 5.98. The van der Waals surface area contributed by atoms with E-state index in [1.165, 1.54) is 24.3 Å². The van der Waals surface area contributed by atoms with Crippen LogP contribution in [0.5, 0.6) is 0 Å². The minimum absolute atomic E-state index is 0.0417. The van der Waals surface area contributed by atoms with E-state index in [4.69, 9.17) is 9.16 Å². The highest BCUT2D eigenvalue weighted by Crippen LogP contribution is 2.41. The molecule has 0 saturated heterocycles. The molecule has 0 bridgehead atoms. The zero-order valence-corrected chi connectivity index (χ0v) is 24.2. The summed E-state index contributed by atoms with van der Waals surface area (Å²) in [6.45, 7) is 18.5. The lowest BCUT2D eigenvalue weighted by Gasteiger charge is -2.40. The predicted molar refractivity (Wildman–Crippen MR) is 143 cm³/mol. The van der Waals surface area contributed by atoms with E-state index in [1.807, 2.05) is 18.7 Å². The fraction of sp³-hybridized carbons (Fsp3) is 0.704. The van der Waals surface area contributed by atoms with Crippen LogP contribution < -0.4 is 0 Å². The first-order valence-corrected chi connectivity index (χ1v) is 16.0. The van der Waals surface area contributed by atoms with Crippen LogP contribution in [0.4, 0.5) is 5.69 Å². The van der Waals surface area contributed by atoms with Gasteiger partial charge in [-0.25, -0.2) is 4.79 Å². The summed E-state index contributed by atoms with van der Waals surface area (Å²) in [5.74, 6) is -0.415. The maximum Gasteiger partial charge on any atom is 0.338 e. The number of amides is 1. The van der Waals surface area contributed by atoms with Crippen molar-refractivity contribution >= 4 is 25.9 Å². The van der Waals surface area contributed by atoms with Crippen molar-refractivity contribution in [2.24, 2.45) is 11.8 Å². The minimum Gasteiger partial charge on any atom is -0.458 e. The number of nitrogens with zero attached hydrogens (tertiary/aromatic N) is 2. The van der Waals surface area contributed by atoms with Gasteiger partial charge in [-0.05, 0) is 69.3 Å². The van der Waals surface area contributed by atoms with E-state index in [9.17, 15) is 19.7 Å². The van der Waals surface area contributed by atoms with Crippen LogP contribution in [0.25, 0.3) is 0 Å². The van der Waals surface area contributed by atoms with E-state index < -0.39 is 25.3 Å². The Kier molecular flexibility index (Phi) is 10.3. The molecular formula is C27H44N2O6Si. The fourth-order valence-electron chi connectivity index (χ4n) is 4.52. The van der Waals surface area contributed by atoms with E-state index in [0.717, 1.165) is 12.8 Å². The Bertz CT molecular complexity index is 908. The second-order valence-corrected chi connectivity index (χ2v) is 16.2. The van der Waals surface area contributed by atoms with Crippen LogP contribution in [0.3, 0.4) is 0 Å².